The van der Waals surface area contributed by atoms with E-state index in [9.17, 15) is 9.90 Å². The maximum Gasteiger partial charge on any atom is 0.259 e. The van der Waals surface area contributed by atoms with Crippen molar-refractivity contribution in [2.75, 3.05) is 26.1 Å². The Kier molecular flexibility index (Phi) is 6.64. The van der Waals surface area contributed by atoms with Gasteiger partial charge >= 0.3 is 0 Å². The number of phenolic OH excluding ortho intramolecular Hbond substituents is 1. The molecule has 2 aromatic rings. The molecule has 132 valence electrons. The molecular weight excluding hydrogens is 390 g/mol. The summed E-state index contributed by atoms with van der Waals surface area (Å²) in [5.74, 6) is 0.717. The van der Waals surface area contributed by atoms with Gasteiger partial charge in [0.25, 0.3) is 5.91 Å². The molecule has 0 atom stereocenters. The third-order valence-electron chi connectivity index (χ3n) is 3.21. The first kappa shape index (κ1) is 18.6. The Balaban J connectivity index is 1.89. The lowest BCUT2D eigenvalue weighted by Crippen LogP contribution is -2.25. The highest BCUT2D eigenvalue weighted by Gasteiger charge is 2.07. The maximum absolute atomic E-state index is 11.8. The lowest BCUT2D eigenvalue weighted by atomic mass is 10.2. The Labute approximate surface area is 153 Å². The molecule has 25 heavy (non-hydrogen) atoms. The number of nitrogens with zero attached hydrogens (tertiary/aromatic N) is 1. The zero-order valence-corrected chi connectivity index (χ0v) is 15.3. The van der Waals surface area contributed by atoms with Crippen molar-refractivity contribution in [1.29, 1.82) is 0 Å². The van der Waals surface area contributed by atoms with Crippen LogP contribution in [0.2, 0.25) is 0 Å². The Morgan fingerprint density at radius 2 is 2.08 bits per heavy atom. The first-order valence-corrected chi connectivity index (χ1v) is 8.09. The van der Waals surface area contributed by atoms with Crippen LogP contribution in [0.15, 0.2) is 46.0 Å². The molecule has 2 rings (SSSR count). The van der Waals surface area contributed by atoms with Crippen LogP contribution in [-0.2, 0) is 4.79 Å². The number of anilines is 1. The van der Waals surface area contributed by atoms with E-state index in [0.29, 0.717) is 21.5 Å². The van der Waals surface area contributed by atoms with Crippen molar-refractivity contribution in [1.82, 2.24) is 5.43 Å². The minimum absolute atomic E-state index is 0.0156. The number of rotatable bonds is 7. The predicted octanol–water partition coefficient (Wildman–Crippen LogP) is 2.73. The van der Waals surface area contributed by atoms with Crippen molar-refractivity contribution in [3.63, 3.8) is 0 Å². The van der Waals surface area contributed by atoms with Gasteiger partial charge < -0.3 is 19.9 Å². The van der Waals surface area contributed by atoms with E-state index in [1.165, 1.54) is 19.4 Å². The molecule has 0 saturated carbocycles. The van der Waals surface area contributed by atoms with Crippen LogP contribution in [0.25, 0.3) is 0 Å². The lowest BCUT2D eigenvalue weighted by molar-refractivity contribution is -0.119. The second-order valence-corrected chi connectivity index (χ2v) is 5.78. The minimum Gasteiger partial charge on any atom is -0.504 e. The molecular formula is C17H18BrN3O4. The number of carbonyl (C=O) groups excluding carboxylic acids is 1. The zero-order chi connectivity index (χ0) is 18.2. The van der Waals surface area contributed by atoms with Gasteiger partial charge in [0.2, 0.25) is 0 Å². The third kappa shape index (κ3) is 5.39. The quantitative estimate of drug-likeness (QED) is 0.484. The molecule has 0 aliphatic carbocycles. The fourth-order valence-corrected chi connectivity index (χ4v) is 2.38. The molecule has 0 spiro atoms. The first-order chi connectivity index (χ1) is 12.0. The molecule has 0 heterocycles. The Morgan fingerprint density at radius 1 is 1.28 bits per heavy atom. The molecule has 0 unspecified atom stereocenters. The average Bonchev–Trinajstić information content (AvgIpc) is 2.62. The number of aromatic hydroxyl groups is 1. The molecule has 0 radical (unpaired) electrons. The van der Waals surface area contributed by atoms with Gasteiger partial charge in [-0.25, -0.2) is 5.43 Å². The van der Waals surface area contributed by atoms with Crippen LogP contribution in [-0.4, -0.2) is 38.0 Å². The van der Waals surface area contributed by atoms with Gasteiger partial charge in [-0.1, -0.05) is 6.07 Å². The van der Waals surface area contributed by atoms with Crippen LogP contribution in [0, 0.1) is 0 Å². The normalized spacial score (nSPS) is 10.5. The first-order valence-electron chi connectivity index (χ1n) is 7.30. The van der Waals surface area contributed by atoms with Crippen molar-refractivity contribution in [3.8, 4) is 17.2 Å². The van der Waals surface area contributed by atoms with Crippen LogP contribution in [0.1, 0.15) is 5.56 Å². The highest BCUT2D eigenvalue weighted by atomic mass is 79.9. The van der Waals surface area contributed by atoms with Gasteiger partial charge in [-0.3, -0.25) is 4.79 Å². The predicted molar refractivity (Wildman–Crippen MR) is 99.6 cm³/mol. The second-order valence-electron chi connectivity index (χ2n) is 4.92. The molecule has 7 nitrogen and oxygen atoms in total. The second kappa shape index (κ2) is 8.93. The van der Waals surface area contributed by atoms with Gasteiger partial charge in [0.15, 0.2) is 11.5 Å². The van der Waals surface area contributed by atoms with Crippen molar-refractivity contribution in [2.24, 2.45) is 5.10 Å². The van der Waals surface area contributed by atoms with E-state index in [-0.39, 0.29) is 18.2 Å². The molecule has 0 bridgehead atoms. The minimum atomic E-state index is -0.312. The Bertz CT molecular complexity index is 780. The Morgan fingerprint density at radius 3 is 2.80 bits per heavy atom. The summed E-state index contributed by atoms with van der Waals surface area (Å²) in [6.07, 6.45) is 1.42. The number of methoxy groups -OCH3 is 2. The third-order valence-corrected chi connectivity index (χ3v) is 3.90. The van der Waals surface area contributed by atoms with Crippen LogP contribution in [0.4, 0.5) is 5.69 Å². The van der Waals surface area contributed by atoms with E-state index in [4.69, 9.17) is 9.47 Å². The Hall–Kier alpha value is -2.74. The highest BCUT2D eigenvalue weighted by molar-refractivity contribution is 9.10. The number of amides is 1. The number of phenols is 1. The van der Waals surface area contributed by atoms with Crippen molar-refractivity contribution in [2.45, 2.75) is 0 Å². The summed E-state index contributed by atoms with van der Waals surface area (Å²) in [7, 11) is 3.04. The number of hydrazone groups is 1. The van der Waals surface area contributed by atoms with E-state index in [0.717, 1.165) is 5.69 Å². The molecule has 0 saturated heterocycles. The standard InChI is InChI=1S/C17H18BrN3O4/c1-24-13-5-3-4-12(7-13)19-10-17(23)21-20-9-11-6-15(22)16(25-2)8-14(11)18/h3-9,19,22H,10H2,1-2H3,(H,21,23)/b20-9-. The molecule has 0 aliphatic heterocycles. The number of hydrogen-bond acceptors (Lipinski definition) is 6. The molecule has 2 aromatic carbocycles. The molecule has 3 N–H and O–H groups in total. The molecule has 1 amide bonds. The summed E-state index contributed by atoms with van der Waals surface area (Å²) in [6, 6.07) is 10.3. The number of carbonyl (C=O) groups is 1. The van der Waals surface area contributed by atoms with E-state index in [2.05, 4.69) is 31.8 Å². The SMILES string of the molecule is COc1cccc(NCC(=O)N/N=C\c2cc(O)c(OC)cc2Br)c1. The number of benzene rings is 2. The maximum atomic E-state index is 11.8. The molecule has 0 aliphatic rings. The topological polar surface area (TPSA) is 92.2 Å². The van der Waals surface area contributed by atoms with Crippen LogP contribution < -0.4 is 20.2 Å². The van der Waals surface area contributed by atoms with E-state index in [1.54, 1.807) is 19.2 Å². The van der Waals surface area contributed by atoms with Gasteiger partial charge in [0.05, 0.1) is 27.0 Å². The van der Waals surface area contributed by atoms with Crippen molar-refractivity contribution >= 4 is 33.7 Å². The van der Waals surface area contributed by atoms with E-state index >= 15 is 0 Å². The smallest absolute Gasteiger partial charge is 0.259 e. The van der Waals surface area contributed by atoms with Gasteiger partial charge in [0.1, 0.15) is 5.75 Å². The summed E-state index contributed by atoms with van der Waals surface area (Å²) in [5.41, 5.74) is 3.77. The lowest BCUT2D eigenvalue weighted by Gasteiger charge is -2.07. The monoisotopic (exact) mass is 407 g/mol. The van der Waals surface area contributed by atoms with Gasteiger partial charge in [-0.15, -0.1) is 0 Å². The summed E-state index contributed by atoms with van der Waals surface area (Å²) in [4.78, 5) is 11.8. The summed E-state index contributed by atoms with van der Waals surface area (Å²) in [5, 5.41) is 16.6. The van der Waals surface area contributed by atoms with Crippen molar-refractivity contribution in [3.05, 3.63) is 46.4 Å². The van der Waals surface area contributed by atoms with Gasteiger partial charge in [-0.2, -0.15) is 5.10 Å². The van der Waals surface area contributed by atoms with Crippen LogP contribution in [0.3, 0.4) is 0 Å². The van der Waals surface area contributed by atoms with Crippen LogP contribution in [0.5, 0.6) is 17.2 Å². The molecule has 8 heteroatoms. The van der Waals surface area contributed by atoms with Crippen molar-refractivity contribution < 1.29 is 19.4 Å². The number of nitrogens with one attached hydrogen (secondary N) is 2. The zero-order valence-electron chi connectivity index (χ0n) is 13.7. The van der Waals surface area contributed by atoms with Gasteiger partial charge in [-0.05, 0) is 40.2 Å². The summed E-state index contributed by atoms with van der Waals surface area (Å²) < 4.78 is 10.8. The fraction of sp³-hybridized carbons (Fsp3) is 0.176. The van der Waals surface area contributed by atoms with E-state index in [1.807, 2.05) is 18.2 Å². The average molecular weight is 408 g/mol. The largest absolute Gasteiger partial charge is 0.504 e. The summed E-state index contributed by atoms with van der Waals surface area (Å²) in [6.45, 7) is 0.0551. The van der Waals surface area contributed by atoms with Crippen LogP contribution >= 0.6 is 15.9 Å². The number of ether oxygens (including phenoxy) is 2. The number of halogens is 1. The van der Waals surface area contributed by atoms with E-state index < -0.39 is 0 Å². The fourth-order valence-electron chi connectivity index (χ4n) is 1.95. The molecule has 0 fully saturated rings. The van der Waals surface area contributed by atoms with Gasteiger partial charge in [0, 0.05) is 21.8 Å². The molecule has 0 aromatic heterocycles. The number of hydrogen-bond donors (Lipinski definition) is 3. The summed E-state index contributed by atoms with van der Waals surface area (Å²) >= 11 is 3.34. The highest BCUT2D eigenvalue weighted by Crippen LogP contribution is 2.31.